The zero-order valence-corrected chi connectivity index (χ0v) is 10.6. The van der Waals surface area contributed by atoms with Crippen LogP contribution in [-0.4, -0.2) is 25.7 Å². The first-order chi connectivity index (χ1) is 8.11. The number of amides is 1. The van der Waals surface area contributed by atoms with Crippen molar-refractivity contribution in [3.8, 4) is 0 Å². The highest BCUT2D eigenvalue weighted by molar-refractivity contribution is 5.91. The van der Waals surface area contributed by atoms with Crippen molar-refractivity contribution >= 4 is 12.0 Å². The zero-order chi connectivity index (χ0) is 12.7. The highest BCUT2D eigenvalue weighted by atomic mass is 16.5. The van der Waals surface area contributed by atoms with Gasteiger partial charge in [-0.1, -0.05) is 29.8 Å². The number of nitrogens with one attached hydrogen (secondary N) is 1. The topological polar surface area (TPSA) is 38.3 Å². The van der Waals surface area contributed by atoms with Crippen molar-refractivity contribution in [2.75, 3.05) is 13.7 Å². The van der Waals surface area contributed by atoms with E-state index in [0.717, 1.165) is 5.56 Å². The Morgan fingerprint density at radius 1 is 1.41 bits per heavy atom. The summed E-state index contributed by atoms with van der Waals surface area (Å²) >= 11 is 0. The fraction of sp³-hybridized carbons (Fsp3) is 0.357. The van der Waals surface area contributed by atoms with Gasteiger partial charge >= 0.3 is 0 Å². The van der Waals surface area contributed by atoms with Gasteiger partial charge in [0.05, 0.1) is 6.61 Å². The third kappa shape index (κ3) is 5.31. The largest absolute Gasteiger partial charge is 0.383 e. The van der Waals surface area contributed by atoms with Gasteiger partial charge in [0, 0.05) is 19.2 Å². The number of ether oxygens (including phenoxy) is 1. The van der Waals surface area contributed by atoms with Gasteiger partial charge in [-0.05, 0) is 25.5 Å². The van der Waals surface area contributed by atoms with Crippen molar-refractivity contribution in [1.29, 1.82) is 0 Å². The minimum atomic E-state index is -0.102. The molecule has 1 amide bonds. The van der Waals surface area contributed by atoms with Crippen LogP contribution in [0.3, 0.4) is 0 Å². The third-order valence-corrected chi connectivity index (χ3v) is 2.31. The molecule has 1 aromatic carbocycles. The minimum absolute atomic E-state index is 0.0233. The summed E-state index contributed by atoms with van der Waals surface area (Å²) in [5.74, 6) is -0.102. The molecule has 3 nitrogen and oxygen atoms in total. The number of benzene rings is 1. The second-order valence-corrected chi connectivity index (χ2v) is 4.11. The van der Waals surface area contributed by atoms with E-state index in [4.69, 9.17) is 4.74 Å². The average molecular weight is 233 g/mol. The molecule has 1 aromatic rings. The monoisotopic (exact) mass is 233 g/mol. The van der Waals surface area contributed by atoms with E-state index in [1.54, 1.807) is 13.2 Å². The third-order valence-electron chi connectivity index (χ3n) is 2.31. The highest BCUT2D eigenvalue weighted by Crippen LogP contribution is 2.04. The first-order valence-electron chi connectivity index (χ1n) is 5.66. The molecule has 0 saturated carbocycles. The Kier molecular flexibility index (Phi) is 5.43. The summed E-state index contributed by atoms with van der Waals surface area (Å²) < 4.78 is 4.94. The average Bonchev–Trinajstić information content (AvgIpc) is 2.28. The van der Waals surface area contributed by atoms with Gasteiger partial charge in [-0.25, -0.2) is 0 Å². The van der Waals surface area contributed by atoms with Gasteiger partial charge in [-0.2, -0.15) is 0 Å². The van der Waals surface area contributed by atoms with Gasteiger partial charge in [-0.15, -0.1) is 0 Å². The molecule has 0 saturated heterocycles. The summed E-state index contributed by atoms with van der Waals surface area (Å²) in [6, 6.07) is 8.03. The number of carbonyl (C=O) groups excluding carboxylic acids is 1. The van der Waals surface area contributed by atoms with Crippen molar-refractivity contribution in [2.24, 2.45) is 0 Å². The van der Waals surface area contributed by atoms with Crippen molar-refractivity contribution in [1.82, 2.24) is 5.32 Å². The van der Waals surface area contributed by atoms with Crippen LogP contribution < -0.4 is 5.32 Å². The Balaban J connectivity index is 2.47. The molecule has 92 valence electrons. The molecule has 1 N–H and O–H groups in total. The van der Waals surface area contributed by atoms with Crippen LogP contribution in [0.1, 0.15) is 18.1 Å². The Hall–Kier alpha value is -1.61. The van der Waals surface area contributed by atoms with E-state index in [1.165, 1.54) is 11.6 Å². The molecule has 1 atom stereocenters. The molecule has 0 radical (unpaired) electrons. The fourth-order valence-corrected chi connectivity index (χ4v) is 1.43. The Labute approximate surface area is 102 Å². The predicted molar refractivity (Wildman–Crippen MR) is 69.7 cm³/mol. The molecule has 1 unspecified atom stereocenters. The molecule has 0 fully saturated rings. The smallest absolute Gasteiger partial charge is 0.244 e. The molecule has 0 aliphatic rings. The van der Waals surface area contributed by atoms with Crippen molar-refractivity contribution in [2.45, 2.75) is 19.9 Å². The lowest BCUT2D eigenvalue weighted by Gasteiger charge is -2.10. The lowest BCUT2D eigenvalue weighted by atomic mass is 10.1. The Morgan fingerprint density at radius 2 is 2.06 bits per heavy atom. The summed E-state index contributed by atoms with van der Waals surface area (Å²) in [6.45, 7) is 4.46. The van der Waals surface area contributed by atoms with Crippen molar-refractivity contribution in [3.63, 3.8) is 0 Å². The summed E-state index contributed by atoms with van der Waals surface area (Å²) in [5, 5.41) is 2.81. The van der Waals surface area contributed by atoms with E-state index in [2.05, 4.69) is 5.32 Å². The van der Waals surface area contributed by atoms with Crippen LogP contribution in [0.2, 0.25) is 0 Å². The molecule has 0 spiro atoms. The molecule has 0 aliphatic heterocycles. The van der Waals surface area contributed by atoms with Gasteiger partial charge in [0.25, 0.3) is 0 Å². The maximum atomic E-state index is 11.5. The standard InChI is InChI=1S/C14H19NO2/c1-11-4-6-13(7-5-11)8-9-14(16)15-12(2)10-17-3/h4-9,12H,10H2,1-3H3,(H,15,16)/b9-8+. The Morgan fingerprint density at radius 3 is 2.65 bits per heavy atom. The maximum Gasteiger partial charge on any atom is 0.244 e. The van der Waals surface area contributed by atoms with E-state index >= 15 is 0 Å². The van der Waals surface area contributed by atoms with Crippen molar-refractivity contribution < 1.29 is 9.53 Å². The highest BCUT2D eigenvalue weighted by Gasteiger charge is 2.02. The minimum Gasteiger partial charge on any atom is -0.383 e. The molecular weight excluding hydrogens is 214 g/mol. The van der Waals surface area contributed by atoms with E-state index < -0.39 is 0 Å². The number of carbonyl (C=O) groups is 1. The van der Waals surface area contributed by atoms with E-state index in [9.17, 15) is 4.79 Å². The lowest BCUT2D eigenvalue weighted by Crippen LogP contribution is -2.34. The number of methoxy groups -OCH3 is 1. The first-order valence-corrected chi connectivity index (χ1v) is 5.66. The van der Waals surface area contributed by atoms with Gasteiger partial charge in [-0.3, -0.25) is 4.79 Å². The van der Waals surface area contributed by atoms with Crippen LogP contribution >= 0.6 is 0 Å². The number of rotatable bonds is 5. The van der Waals surface area contributed by atoms with E-state index in [0.29, 0.717) is 6.61 Å². The molecule has 3 heteroatoms. The lowest BCUT2D eigenvalue weighted by molar-refractivity contribution is -0.117. The van der Waals surface area contributed by atoms with Gasteiger partial charge in [0.2, 0.25) is 5.91 Å². The SMILES string of the molecule is COCC(C)NC(=O)/C=C/c1ccc(C)cc1. The van der Waals surface area contributed by atoms with E-state index in [1.807, 2.05) is 38.1 Å². The molecule has 1 rings (SSSR count). The van der Waals surface area contributed by atoms with Crippen LogP contribution in [0.25, 0.3) is 6.08 Å². The van der Waals surface area contributed by atoms with Crippen molar-refractivity contribution in [3.05, 3.63) is 41.5 Å². The summed E-state index contributed by atoms with van der Waals surface area (Å²) in [6.07, 6.45) is 3.34. The summed E-state index contributed by atoms with van der Waals surface area (Å²) in [5.41, 5.74) is 2.23. The second-order valence-electron chi connectivity index (χ2n) is 4.11. The van der Waals surface area contributed by atoms with Crippen LogP contribution in [-0.2, 0) is 9.53 Å². The molecular formula is C14H19NO2. The first kappa shape index (κ1) is 13.5. The summed E-state index contributed by atoms with van der Waals surface area (Å²) in [4.78, 5) is 11.5. The number of hydrogen-bond acceptors (Lipinski definition) is 2. The van der Waals surface area contributed by atoms with Crippen LogP contribution in [0.15, 0.2) is 30.3 Å². The number of aryl methyl sites for hydroxylation is 1. The molecule has 17 heavy (non-hydrogen) atoms. The normalized spacial score (nSPS) is 12.6. The van der Waals surface area contributed by atoms with E-state index in [-0.39, 0.29) is 11.9 Å². The predicted octanol–water partition coefficient (Wildman–Crippen LogP) is 2.16. The summed E-state index contributed by atoms with van der Waals surface area (Å²) in [7, 11) is 1.62. The molecule has 0 heterocycles. The molecule has 0 bridgehead atoms. The van der Waals surface area contributed by atoms with Crippen LogP contribution in [0.4, 0.5) is 0 Å². The van der Waals surface area contributed by atoms with Gasteiger partial charge in [0.15, 0.2) is 0 Å². The molecule has 0 aromatic heterocycles. The van der Waals surface area contributed by atoms with Gasteiger partial charge in [0.1, 0.15) is 0 Å². The zero-order valence-electron chi connectivity index (χ0n) is 10.6. The fourth-order valence-electron chi connectivity index (χ4n) is 1.43. The van der Waals surface area contributed by atoms with Gasteiger partial charge < -0.3 is 10.1 Å². The molecule has 0 aliphatic carbocycles. The maximum absolute atomic E-state index is 11.5. The van der Waals surface area contributed by atoms with Crippen LogP contribution in [0, 0.1) is 6.92 Å². The van der Waals surface area contributed by atoms with Crippen LogP contribution in [0.5, 0.6) is 0 Å². The second kappa shape index (κ2) is 6.86. The number of hydrogen-bond donors (Lipinski definition) is 1. The Bertz CT molecular complexity index is 382. The quantitative estimate of drug-likeness (QED) is 0.791.